The van der Waals surface area contributed by atoms with Gasteiger partial charge in [-0.2, -0.15) is 0 Å². The normalized spacial score (nSPS) is 17.8. The SMILES string of the molecule is C=C(c1cn(C2O[C@H](COC(C)=O)[C@@H](OC(C)=O)[C@H]2OC(C)=O)c(=O)[nH]c1=O)c1c(C)c2cc3nc(cc4nc(cc5cc(C)c(cc1[nH]2)[nH]5)C(C)=C4CCC(=O)OC)C(CCC(=O)OC)=C3C. The molecule has 0 spiro atoms. The molecule has 1 saturated heterocycles. The van der Waals surface area contributed by atoms with E-state index >= 15 is 0 Å². The number of nitrogens with one attached hydrogen (secondary N) is 3. The number of H-pyrrole nitrogens is 3. The van der Waals surface area contributed by atoms with Gasteiger partial charge < -0.3 is 38.4 Å². The van der Waals surface area contributed by atoms with Crippen molar-refractivity contribution in [1.82, 2.24) is 29.5 Å². The fourth-order valence-electron chi connectivity index (χ4n) is 8.67. The second-order valence-electron chi connectivity index (χ2n) is 16.7. The molecule has 0 aromatic carbocycles. The second kappa shape index (κ2) is 19.7. The Morgan fingerprint density at radius 1 is 0.706 bits per heavy atom. The lowest BCUT2D eigenvalue weighted by molar-refractivity contribution is -0.166. The fraction of sp³-hybridized carbons (Fsp3) is 0.367. The number of methoxy groups -OCH3 is 2. The van der Waals surface area contributed by atoms with Gasteiger partial charge in [0.2, 0.25) is 0 Å². The highest BCUT2D eigenvalue weighted by Crippen LogP contribution is 2.39. The first-order valence-corrected chi connectivity index (χ1v) is 21.7. The molecule has 4 atom stereocenters. The molecule has 0 amide bonds. The van der Waals surface area contributed by atoms with Crippen LogP contribution in [0.3, 0.4) is 0 Å². The Morgan fingerprint density at radius 3 is 1.87 bits per heavy atom. The van der Waals surface area contributed by atoms with Crippen molar-refractivity contribution in [3.8, 4) is 0 Å². The molecule has 7 rings (SSSR count). The number of allylic oxidation sites excluding steroid dienone is 4. The summed E-state index contributed by atoms with van der Waals surface area (Å²) in [5.41, 5.74) is 8.73. The van der Waals surface area contributed by atoms with E-state index in [4.69, 9.17) is 38.4 Å². The standard InChI is InChI=1S/C49H52N6O13/c1-22-15-30-16-35-23(2)31(11-13-42(59)63-9)38(51-35)19-39-32(12-14-43(60)64-10)24(3)36(52-39)18-37-26(5)44(40(53-37)17-34(22)50-30)25(4)33-20-55(49(62)54-47(33)61)48-46(67-29(8)58)45(66-28(7)57)41(68-48)21-65-27(6)56/h15-20,41,45-46,48,50,53H,4,11-14,21H2,1-3,5-10H3,(H,54,61,62)/t41-,45-,46-,48?/m1/s1. The molecule has 19 nitrogen and oxygen atoms in total. The van der Waals surface area contributed by atoms with Crippen LogP contribution in [0, 0.1) is 13.8 Å². The minimum atomic E-state index is -1.47. The van der Waals surface area contributed by atoms with E-state index in [1.807, 2.05) is 58.0 Å². The number of hydrogen-bond donors (Lipinski definition) is 3. The number of hydrogen-bond acceptors (Lipinski definition) is 15. The van der Waals surface area contributed by atoms with Gasteiger partial charge in [-0.25, -0.2) is 14.8 Å². The van der Waals surface area contributed by atoms with E-state index in [0.29, 0.717) is 63.3 Å². The van der Waals surface area contributed by atoms with Gasteiger partial charge >= 0.3 is 35.5 Å². The largest absolute Gasteiger partial charge is 0.469 e. The Hall–Kier alpha value is -7.67. The zero-order valence-electron chi connectivity index (χ0n) is 39.2. The van der Waals surface area contributed by atoms with Crippen molar-refractivity contribution in [2.45, 2.75) is 98.7 Å². The predicted octanol–water partition coefficient (Wildman–Crippen LogP) is 5.93. The van der Waals surface area contributed by atoms with E-state index in [2.05, 4.69) is 21.5 Å². The zero-order valence-corrected chi connectivity index (χ0v) is 39.2. The molecule has 8 bridgehead atoms. The van der Waals surface area contributed by atoms with Crippen molar-refractivity contribution in [2.24, 2.45) is 0 Å². The third kappa shape index (κ3) is 9.88. The van der Waals surface area contributed by atoms with Crippen molar-refractivity contribution in [2.75, 3.05) is 20.8 Å². The first-order valence-electron chi connectivity index (χ1n) is 21.7. The summed E-state index contributed by atoms with van der Waals surface area (Å²) >= 11 is 0. The molecule has 4 aromatic heterocycles. The summed E-state index contributed by atoms with van der Waals surface area (Å²) in [6.07, 6.45) is -3.23. The van der Waals surface area contributed by atoms with Crippen molar-refractivity contribution >= 4 is 79.8 Å². The van der Waals surface area contributed by atoms with Gasteiger partial charge in [-0.15, -0.1) is 0 Å². The van der Waals surface area contributed by atoms with Crippen molar-refractivity contribution in [3.05, 3.63) is 109 Å². The maximum absolute atomic E-state index is 13.9. The molecule has 19 heteroatoms. The van der Waals surface area contributed by atoms with Gasteiger partial charge in [0.15, 0.2) is 18.4 Å². The smallest absolute Gasteiger partial charge is 0.330 e. The molecule has 68 heavy (non-hydrogen) atoms. The third-order valence-electron chi connectivity index (χ3n) is 12.1. The highest BCUT2D eigenvalue weighted by atomic mass is 16.7. The number of carbonyl (C=O) groups excluding carboxylic acids is 5. The molecule has 356 valence electrons. The van der Waals surface area contributed by atoms with E-state index in [0.717, 1.165) is 51.8 Å². The van der Waals surface area contributed by atoms with E-state index < -0.39 is 66.3 Å². The Balaban J connectivity index is 1.45. The van der Waals surface area contributed by atoms with Crippen molar-refractivity contribution < 1.29 is 52.4 Å². The number of aryl methyl sites for hydroxylation is 2. The molecule has 7 heterocycles. The number of nitrogens with zero attached hydrogens (tertiary/aromatic N) is 3. The second-order valence-corrected chi connectivity index (χ2v) is 16.7. The van der Waals surface area contributed by atoms with Crippen LogP contribution in [0.25, 0.3) is 49.9 Å². The van der Waals surface area contributed by atoms with Crippen molar-refractivity contribution in [1.29, 1.82) is 0 Å². The van der Waals surface area contributed by atoms with Crippen LogP contribution in [0.4, 0.5) is 0 Å². The van der Waals surface area contributed by atoms with E-state index in [-0.39, 0.29) is 29.9 Å². The predicted molar refractivity (Wildman–Crippen MR) is 249 cm³/mol. The number of fused-ring (bicyclic) bond motifs is 8. The van der Waals surface area contributed by atoms with Gasteiger partial charge in [0.1, 0.15) is 12.7 Å². The Bertz CT molecular complexity index is 3150. The van der Waals surface area contributed by atoms with Gasteiger partial charge in [0.25, 0.3) is 5.56 Å². The molecule has 0 aliphatic carbocycles. The summed E-state index contributed by atoms with van der Waals surface area (Å²) in [7, 11) is 2.68. The molecule has 4 aromatic rings. The van der Waals surface area contributed by atoms with E-state index in [1.165, 1.54) is 27.3 Å². The quantitative estimate of drug-likeness (QED) is 0.104. The van der Waals surface area contributed by atoms with Crippen LogP contribution in [-0.4, -0.2) is 98.5 Å². The monoisotopic (exact) mass is 932 g/mol. The molecule has 1 fully saturated rings. The van der Waals surface area contributed by atoms with Gasteiger partial charge in [0, 0.05) is 67.4 Å². The van der Waals surface area contributed by atoms with E-state index in [9.17, 15) is 33.6 Å². The van der Waals surface area contributed by atoms with Crippen LogP contribution in [0.15, 0.2) is 52.7 Å². The van der Waals surface area contributed by atoms with Gasteiger partial charge in [-0.1, -0.05) is 6.58 Å². The first kappa shape index (κ1) is 48.3. The topological polar surface area (TPSA) is 253 Å². The summed E-state index contributed by atoms with van der Waals surface area (Å²) in [6, 6.07) is 9.48. The van der Waals surface area contributed by atoms with Crippen LogP contribution in [-0.2, 0) is 52.4 Å². The lowest BCUT2D eigenvalue weighted by Gasteiger charge is -2.24. The number of ether oxygens (including phenoxy) is 6. The highest BCUT2D eigenvalue weighted by molar-refractivity contribution is 5.98. The maximum Gasteiger partial charge on any atom is 0.330 e. The van der Waals surface area contributed by atoms with Crippen LogP contribution in [0.2, 0.25) is 0 Å². The molecular weight excluding hydrogens is 881 g/mol. The lowest BCUT2D eigenvalue weighted by Crippen LogP contribution is -2.42. The number of rotatable bonds is 13. The molecule has 3 aliphatic heterocycles. The Labute approximate surface area is 389 Å². The number of carbonyl (C=O) groups is 5. The van der Waals surface area contributed by atoms with Gasteiger partial charge in [0.05, 0.1) is 42.6 Å². The van der Waals surface area contributed by atoms with Crippen LogP contribution in [0.5, 0.6) is 0 Å². The molecule has 3 aliphatic rings. The lowest BCUT2D eigenvalue weighted by atomic mass is 9.97. The van der Waals surface area contributed by atoms with Crippen LogP contribution < -0.4 is 11.2 Å². The van der Waals surface area contributed by atoms with E-state index in [1.54, 1.807) is 0 Å². The Morgan fingerprint density at radius 2 is 1.29 bits per heavy atom. The molecular formula is C49H52N6O13. The molecule has 0 radical (unpaired) electrons. The van der Waals surface area contributed by atoms with Crippen LogP contribution in [0.1, 0.15) is 112 Å². The minimum absolute atomic E-state index is 0.0606. The zero-order chi connectivity index (χ0) is 49.3. The van der Waals surface area contributed by atoms with Gasteiger partial charge in [-0.3, -0.25) is 38.3 Å². The summed E-state index contributed by atoms with van der Waals surface area (Å²) < 4.78 is 33.3. The number of aromatic amines is 3. The number of esters is 5. The van der Waals surface area contributed by atoms with Gasteiger partial charge in [-0.05, 0) is 110 Å². The summed E-state index contributed by atoms with van der Waals surface area (Å²) in [4.78, 5) is 108. The minimum Gasteiger partial charge on any atom is -0.469 e. The van der Waals surface area contributed by atoms with Crippen LogP contribution >= 0.6 is 0 Å². The number of aromatic nitrogens is 6. The summed E-state index contributed by atoms with van der Waals surface area (Å²) in [5.74, 6) is -2.95. The molecule has 0 saturated carbocycles. The average molecular weight is 933 g/mol. The average Bonchev–Trinajstić information content (AvgIpc) is 4.04. The molecule has 3 N–H and O–H groups in total. The molecule has 1 unspecified atom stereocenters. The third-order valence-corrected chi connectivity index (χ3v) is 12.1. The summed E-state index contributed by atoms with van der Waals surface area (Å²) in [5, 5.41) is 0. The van der Waals surface area contributed by atoms with Crippen molar-refractivity contribution in [3.63, 3.8) is 0 Å². The fourth-order valence-corrected chi connectivity index (χ4v) is 8.67. The Kier molecular flexibility index (Phi) is 14.0. The highest BCUT2D eigenvalue weighted by Gasteiger charge is 2.51. The maximum atomic E-state index is 13.9. The summed E-state index contributed by atoms with van der Waals surface area (Å²) in [6.45, 7) is 15.0. The first-order chi connectivity index (χ1) is 32.3.